The Balaban J connectivity index is 1.20. The van der Waals surface area contributed by atoms with Gasteiger partial charge in [0.05, 0.1) is 17.0 Å². The van der Waals surface area contributed by atoms with Gasteiger partial charge in [0.1, 0.15) is 5.58 Å². The molecule has 3 heterocycles. The van der Waals surface area contributed by atoms with Crippen molar-refractivity contribution in [2.24, 2.45) is 0 Å². The second-order valence-electron chi connectivity index (χ2n) is 26.9. The molecule has 0 atom stereocenters. The molecule has 0 amide bonds. The van der Waals surface area contributed by atoms with E-state index in [0.29, 0.717) is 0 Å². The minimum Gasteiger partial charge on any atom is -0.468 e. The van der Waals surface area contributed by atoms with Gasteiger partial charge in [-0.05, 0) is 192 Å². The highest BCUT2D eigenvalue weighted by molar-refractivity contribution is 7.00. The highest BCUT2D eigenvalue weighted by Crippen LogP contribution is 2.54. The van der Waals surface area contributed by atoms with Crippen LogP contribution in [0, 0.1) is 6.92 Å². The fraction of sp³-hybridized carbons (Fsp3) is 0.373. The van der Waals surface area contributed by atoms with Crippen LogP contribution in [-0.4, -0.2) is 6.71 Å². The van der Waals surface area contributed by atoms with E-state index in [1.54, 1.807) is 0 Å². The topological polar surface area (TPSA) is 19.6 Å². The number of benzene rings is 7. The molecule has 0 unspecified atom stereocenters. The summed E-state index contributed by atoms with van der Waals surface area (Å²) in [5, 5.41) is 3.71. The van der Waals surface area contributed by atoms with Crippen LogP contribution < -0.4 is 26.4 Å². The van der Waals surface area contributed by atoms with Crippen molar-refractivity contribution in [1.29, 1.82) is 0 Å². The molecule has 8 aromatic rings. The smallest absolute Gasteiger partial charge is 0.297 e. The summed E-state index contributed by atoms with van der Waals surface area (Å²) in [5.41, 5.74) is 24.1. The van der Waals surface area contributed by atoms with Gasteiger partial charge in [0, 0.05) is 33.7 Å². The van der Waals surface area contributed by atoms with Gasteiger partial charge in [-0.25, -0.2) is 0 Å². The Morgan fingerprint density at radius 1 is 0.493 bits per heavy atom. The molecular formula is C67H73BN2O. The van der Waals surface area contributed by atoms with Gasteiger partial charge >= 0.3 is 0 Å². The summed E-state index contributed by atoms with van der Waals surface area (Å²) in [6, 6.07) is 47.8. The quantitative estimate of drug-likeness (QED) is 0.165. The largest absolute Gasteiger partial charge is 0.468 e. The second kappa shape index (κ2) is 15.0. The van der Waals surface area contributed by atoms with Crippen molar-refractivity contribution >= 4 is 79.2 Å². The van der Waals surface area contributed by atoms with Gasteiger partial charge in [0.15, 0.2) is 0 Å². The zero-order valence-corrected chi connectivity index (χ0v) is 45.3. The van der Waals surface area contributed by atoms with Gasteiger partial charge in [-0.3, -0.25) is 0 Å². The molecule has 2 aliphatic carbocycles. The predicted octanol–water partition coefficient (Wildman–Crippen LogP) is 16.9. The van der Waals surface area contributed by atoms with Gasteiger partial charge in [-0.1, -0.05) is 158 Å². The third kappa shape index (κ3) is 7.04. The highest BCUT2D eigenvalue weighted by atomic mass is 16.3. The lowest BCUT2D eigenvalue weighted by molar-refractivity contribution is 0.332. The number of rotatable bonds is 3. The predicted molar refractivity (Wildman–Crippen MR) is 306 cm³/mol. The summed E-state index contributed by atoms with van der Waals surface area (Å²) in [6.07, 6.45) is 4.65. The molecule has 0 bridgehead atoms. The molecule has 0 fully saturated rings. The van der Waals surface area contributed by atoms with Crippen LogP contribution in [0.25, 0.3) is 32.9 Å². The number of hydrogen-bond acceptors (Lipinski definition) is 3. The van der Waals surface area contributed by atoms with Crippen LogP contribution >= 0.6 is 0 Å². The summed E-state index contributed by atoms with van der Waals surface area (Å²) in [5.74, 6) is 0. The molecule has 0 spiro atoms. The molecule has 0 N–H and O–H groups in total. The van der Waals surface area contributed by atoms with E-state index in [-0.39, 0.29) is 39.2 Å². The average molecular weight is 933 g/mol. The van der Waals surface area contributed by atoms with Crippen molar-refractivity contribution in [3.05, 3.63) is 160 Å². The second-order valence-corrected chi connectivity index (χ2v) is 26.9. The maximum Gasteiger partial charge on any atom is 0.297 e. The van der Waals surface area contributed by atoms with E-state index < -0.39 is 0 Å². The minimum atomic E-state index is -0.142. The fourth-order valence-corrected chi connectivity index (χ4v) is 13.2. The monoisotopic (exact) mass is 933 g/mol. The number of hydrogen-bond donors (Lipinski definition) is 0. The van der Waals surface area contributed by atoms with Crippen molar-refractivity contribution in [2.75, 3.05) is 9.80 Å². The molecule has 12 rings (SSSR count). The maximum atomic E-state index is 7.69. The van der Waals surface area contributed by atoms with E-state index in [2.05, 4.69) is 235 Å². The molecule has 4 aliphatic rings. The summed E-state index contributed by atoms with van der Waals surface area (Å²) >= 11 is 0. The van der Waals surface area contributed by atoms with E-state index in [0.717, 1.165) is 30.5 Å². The zero-order chi connectivity index (χ0) is 50.1. The first-order valence-electron chi connectivity index (χ1n) is 26.6. The minimum absolute atomic E-state index is 0.0383. The maximum absolute atomic E-state index is 7.69. The van der Waals surface area contributed by atoms with Crippen LogP contribution in [0.5, 0.6) is 0 Å². The number of anilines is 6. The highest BCUT2D eigenvalue weighted by Gasteiger charge is 2.49. The van der Waals surface area contributed by atoms with Crippen molar-refractivity contribution in [1.82, 2.24) is 0 Å². The van der Waals surface area contributed by atoms with Crippen molar-refractivity contribution < 1.29 is 4.42 Å². The van der Waals surface area contributed by atoms with Crippen LogP contribution in [0.2, 0.25) is 0 Å². The van der Waals surface area contributed by atoms with Crippen LogP contribution in [0.15, 0.2) is 126 Å². The lowest BCUT2D eigenvalue weighted by Gasteiger charge is -2.45. The molecule has 71 heavy (non-hydrogen) atoms. The molecular weight excluding hydrogens is 860 g/mol. The Morgan fingerprint density at radius 2 is 1.06 bits per heavy atom. The molecule has 3 nitrogen and oxygen atoms in total. The Hall–Kier alpha value is -6.00. The van der Waals surface area contributed by atoms with Crippen molar-refractivity contribution in [2.45, 2.75) is 162 Å². The molecule has 1 aromatic heterocycles. The molecule has 0 saturated heterocycles. The number of aryl methyl sites for hydroxylation is 1. The van der Waals surface area contributed by atoms with Gasteiger partial charge in [0.25, 0.3) is 6.71 Å². The SMILES string of the molecule is Cc1cc2c3c(c1)N(c1ccc4c(c1)C(C)(C)CCC4(C)C)c1c(oc4cc5c(cc14)C(C)(C)CCC5(C)C)B3c1cc(C(C)(C)C)ccc1N2c1ccc(C(C)(C)C)cc1-c1ccc2ccccc2c1. The van der Waals surface area contributed by atoms with Gasteiger partial charge in [-0.2, -0.15) is 0 Å². The lowest BCUT2D eigenvalue weighted by atomic mass is 9.35. The fourth-order valence-electron chi connectivity index (χ4n) is 13.2. The van der Waals surface area contributed by atoms with Crippen molar-refractivity contribution in [3.8, 4) is 11.1 Å². The Morgan fingerprint density at radius 3 is 1.70 bits per heavy atom. The number of furan rings is 1. The molecule has 0 radical (unpaired) electrons. The van der Waals surface area contributed by atoms with E-state index in [1.165, 1.54) is 118 Å². The number of fused-ring (bicyclic) bond motifs is 9. The van der Waals surface area contributed by atoms with Gasteiger partial charge in [-0.15, -0.1) is 0 Å². The van der Waals surface area contributed by atoms with Crippen LogP contribution in [0.4, 0.5) is 34.1 Å². The lowest BCUT2D eigenvalue weighted by Crippen LogP contribution is -2.61. The van der Waals surface area contributed by atoms with Crippen LogP contribution in [-0.2, 0) is 32.5 Å². The van der Waals surface area contributed by atoms with Crippen molar-refractivity contribution in [3.63, 3.8) is 0 Å². The third-order valence-corrected chi connectivity index (χ3v) is 17.9. The summed E-state index contributed by atoms with van der Waals surface area (Å²) < 4.78 is 7.69. The molecule has 360 valence electrons. The third-order valence-electron chi connectivity index (χ3n) is 17.9. The zero-order valence-electron chi connectivity index (χ0n) is 45.3. The standard InChI is InChI=1S/C67H73BN2O/c1-40-32-56-59-57(33-40)70(54-26-22-44(62(2,3)4)35-47(54)43-21-20-41-18-16-17-19-42(41)34-43)55-27-23-45(63(5,6)7)36-53(55)68(59)61-60(48-38-51-52(39-58(48)71-61)67(14,15)31-30-66(51,12)13)69(56)46-24-25-49-50(37-46)65(10,11)29-28-64(49,8)9/h16-27,32-39H,28-31H2,1-15H3. The Labute approximate surface area is 424 Å². The van der Waals surface area contributed by atoms with E-state index in [9.17, 15) is 0 Å². The summed E-state index contributed by atoms with van der Waals surface area (Å²) in [6.45, 7) is 35.8. The van der Waals surface area contributed by atoms with Gasteiger partial charge < -0.3 is 14.2 Å². The molecule has 0 saturated carbocycles. The molecule has 7 aromatic carbocycles. The van der Waals surface area contributed by atoms with E-state index in [4.69, 9.17) is 4.42 Å². The first kappa shape index (κ1) is 46.1. The van der Waals surface area contributed by atoms with E-state index in [1.807, 2.05) is 0 Å². The van der Waals surface area contributed by atoms with Crippen LogP contribution in [0.1, 0.15) is 162 Å². The first-order valence-corrected chi connectivity index (χ1v) is 26.6. The van der Waals surface area contributed by atoms with Gasteiger partial charge in [0.2, 0.25) is 0 Å². The summed E-state index contributed by atoms with van der Waals surface area (Å²) in [4.78, 5) is 5.26. The molecule has 2 aliphatic heterocycles. The van der Waals surface area contributed by atoms with Crippen LogP contribution in [0.3, 0.4) is 0 Å². The molecule has 4 heteroatoms. The normalized spacial score (nSPS) is 18.2. The Kier molecular flexibility index (Phi) is 9.76. The first-order chi connectivity index (χ1) is 33.3. The number of nitrogens with zero attached hydrogens (tertiary/aromatic N) is 2. The Bertz CT molecular complexity index is 3550. The average Bonchev–Trinajstić information content (AvgIpc) is 3.68. The summed E-state index contributed by atoms with van der Waals surface area (Å²) in [7, 11) is 0. The van der Waals surface area contributed by atoms with E-state index >= 15 is 0 Å².